The summed E-state index contributed by atoms with van der Waals surface area (Å²) >= 11 is 0. The van der Waals surface area contributed by atoms with Gasteiger partial charge in [0.15, 0.2) is 5.82 Å². The van der Waals surface area contributed by atoms with Crippen molar-refractivity contribution >= 4 is 5.69 Å². The standard InChI is InChI=1S/C9H13N5O/c1-3-8-12-9(15-13-8)5-14-6(2)7(10)4-11-14/h4H,3,5,10H2,1-2H3. The first kappa shape index (κ1) is 9.70. The van der Waals surface area contributed by atoms with E-state index in [2.05, 4.69) is 15.2 Å². The highest BCUT2D eigenvalue weighted by atomic mass is 16.5. The molecule has 2 aromatic rings. The molecule has 2 rings (SSSR count). The Morgan fingerprint density at radius 2 is 2.33 bits per heavy atom. The van der Waals surface area contributed by atoms with E-state index in [0.29, 0.717) is 23.9 Å². The number of nitrogen functional groups attached to an aromatic ring is 1. The molecule has 0 aliphatic carbocycles. The van der Waals surface area contributed by atoms with Crippen molar-refractivity contribution in [3.63, 3.8) is 0 Å². The normalized spacial score (nSPS) is 10.8. The summed E-state index contributed by atoms with van der Waals surface area (Å²) in [5, 5.41) is 7.92. The van der Waals surface area contributed by atoms with Crippen LogP contribution in [0.5, 0.6) is 0 Å². The number of anilines is 1. The third kappa shape index (κ3) is 1.83. The van der Waals surface area contributed by atoms with E-state index in [0.717, 1.165) is 12.1 Å². The molecule has 0 aromatic carbocycles. The zero-order valence-electron chi connectivity index (χ0n) is 8.77. The minimum atomic E-state index is 0.468. The molecule has 0 saturated carbocycles. The number of hydrogen-bond donors (Lipinski definition) is 1. The first-order valence-corrected chi connectivity index (χ1v) is 4.80. The van der Waals surface area contributed by atoms with Crippen LogP contribution < -0.4 is 5.73 Å². The van der Waals surface area contributed by atoms with Gasteiger partial charge in [0.2, 0.25) is 5.89 Å². The monoisotopic (exact) mass is 207 g/mol. The Morgan fingerprint density at radius 1 is 1.53 bits per heavy atom. The van der Waals surface area contributed by atoms with Crippen LogP contribution in [0, 0.1) is 6.92 Å². The largest absolute Gasteiger partial charge is 0.396 e. The van der Waals surface area contributed by atoms with Gasteiger partial charge in [0, 0.05) is 6.42 Å². The lowest BCUT2D eigenvalue weighted by atomic mass is 10.4. The van der Waals surface area contributed by atoms with Crippen molar-refractivity contribution in [2.24, 2.45) is 0 Å². The van der Waals surface area contributed by atoms with Crippen molar-refractivity contribution in [3.05, 3.63) is 23.6 Å². The van der Waals surface area contributed by atoms with Crippen LogP contribution in [-0.4, -0.2) is 19.9 Å². The molecule has 15 heavy (non-hydrogen) atoms. The summed E-state index contributed by atoms with van der Waals surface area (Å²) in [7, 11) is 0. The average Bonchev–Trinajstić information content (AvgIpc) is 2.80. The Bertz CT molecular complexity index is 459. The van der Waals surface area contributed by atoms with E-state index < -0.39 is 0 Å². The van der Waals surface area contributed by atoms with Crippen LogP contribution in [0.15, 0.2) is 10.7 Å². The lowest BCUT2D eigenvalue weighted by Crippen LogP contribution is -2.04. The second kappa shape index (κ2) is 3.72. The van der Waals surface area contributed by atoms with Crippen molar-refractivity contribution in [1.82, 2.24) is 19.9 Å². The molecule has 0 aliphatic rings. The van der Waals surface area contributed by atoms with Crippen molar-refractivity contribution < 1.29 is 4.52 Å². The molecule has 0 amide bonds. The molecule has 80 valence electrons. The van der Waals surface area contributed by atoms with Crippen molar-refractivity contribution in [2.45, 2.75) is 26.8 Å². The van der Waals surface area contributed by atoms with Crippen LogP contribution in [0.2, 0.25) is 0 Å². The van der Waals surface area contributed by atoms with Gasteiger partial charge >= 0.3 is 0 Å². The fraction of sp³-hybridized carbons (Fsp3) is 0.444. The quantitative estimate of drug-likeness (QED) is 0.803. The number of rotatable bonds is 3. The molecule has 0 spiro atoms. The third-order valence-electron chi connectivity index (χ3n) is 2.25. The van der Waals surface area contributed by atoms with Gasteiger partial charge in [-0.2, -0.15) is 10.1 Å². The summed E-state index contributed by atoms with van der Waals surface area (Å²) in [5.41, 5.74) is 7.26. The van der Waals surface area contributed by atoms with Crippen LogP contribution in [-0.2, 0) is 13.0 Å². The molecule has 0 radical (unpaired) electrons. The highest BCUT2D eigenvalue weighted by Gasteiger charge is 2.08. The maximum atomic E-state index is 5.68. The molecule has 0 saturated heterocycles. The summed E-state index contributed by atoms with van der Waals surface area (Å²) in [5.74, 6) is 1.26. The van der Waals surface area contributed by atoms with Gasteiger partial charge in [-0.05, 0) is 6.92 Å². The molecule has 0 bridgehead atoms. The van der Waals surface area contributed by atoms with Crippen LogP contribution >= 0.6 is 0 Å². The predicted octanol–water partition coefficient (Wildman–Crippen LogP) is 0.767. The molecule has 2 heterocycles. The van der Waals surface area contributed by atoms with Crippen molar-refractivity contribution in [2.75, 3.05) is 5.73 Å². The first-order chi connectivity index (χ1) is 7.20. The van der Waals surface area contributed by atoms with Gasteiger partial charge in [0.05, 0.1) is 17.6 Å². The minimum Gasteiger partial charge on any atom is -0.396 e. The zero-order valence-corrected chi connectivity index (χ0v) is 8.77. The van der Waals surface area contributed by atoms with E-state index in [1.807, 2.05) is 13.8 Å². The molecule has 0 atom stereocenters. The zero-order chi connectivity index (χ0) is 10.8. The summed E-state index contributed by atoms with van der Waals surface area (Å²) in [6.45, 7) is 4.35. The number of aryl methyl sites for hydroxylation is 1. The van der Waals surface area contributed by atoms with Gasteiger partial charge in [0.1, 0.15) is 6.54 Å². The molecule has 2 aromatic heterocycles. The molecule has 0 fully saturated rings. The van der Waals surface area contributed by atoms with Gasteiger partial charge in [-0.1, -0.05) is 12.1 Å². The van der Waals surface area contributed by atoms with Crippen molar-refractivity contribution in [3.8, 4) is 0 Å². The number of hydrogen-bond acceptors (Lipinski definition) is 5. The summed E-state index contributed by atoms with van der Waals surface area (Å²) < 4.78 is 6.80. The van der Waals surface area contributed by atoms with Crippen LogP contribution in [0.3, 0.4) is 0 Å². The number of aromatic nitrogens is 4. The SMILES string of the molecule is CCc1noc(Cn2ncc(N)c2C)n1. The van der Waals surface area contributed by atoms with Crippen LogP contribution in [0.1, 0.15) is 24.3 Å². The summed E-state index contributed by atoms with van der Waals surface area (Å²) in [6.07, 6.45) is 2.39. The Morgan fingerprint density at radius 3 is 2.87 bits per heavy atom. The van der Waals surface area contributed by atoms with Gasteiger partial charge in [-0.25, -0.2) is 0 Å². The molecule has 6 nitrogen and oxygen atoms in total. The smallest absolute Gasteiger partial charge is 0.248 e. The first-order valence-electron chi connectivity index (χ1n) is 4.80. The molecule has 6 heteroatoms. The Balaban J connectivity index is 2.18. The molecular formula is C9H13N5O. The lowest BCUT2D eigenvalue weighted by Gasteiger charge is -1.99. The van der Waals surface area contributed by atoms with Gasteiger partial charge in [0.25, 0.3) is 0 Å². The molecule has 2 N–H and O–H groups in total. The Labute approximate surface area is 87.1 Å². The summed E-state index contributed by atoms with van der Waals surface area (Å²) in [6, 6.07) is 0. The maximum absolute atomic E-state index is 5.68. The fourth-order valence-electron chi connectivity index (χ4n) is 1.25. The third-order valence-corrected chi connectivity index (χ3v) is 2.25. The van der Waals surface area contributed by atoms with Crippen molar-refractivity contribution in [1.29, 1.82) is 0 Å². The highest BCUT2D eigenvalue weighted by Crippen LogP contribution is 2.10. The Hall–Kier alpha value is -1.85. The van der Waals surface area contributed by atoms with E-state index in [1.165, 1.54) is 0 Å². The predicted molar refractivity (Wildman–Crippen MR) is 54.2 cm³/mol. The maximum Gasteiger partial charge on any atom is 0.248 e. The topological polar surface area (TPSA) is 82.8 Å². The van der Waals surface area contributed by atoms with E-state index >= 15 is 0 Å². The van der Waals surface area contributed by atoms with E-state index in [9.17, 15) is 0 Å². The van der Waals surface area contributed by atoms with E-state index in [4.69, 9.17) is 10.3 Å². The second-order valence-corrected chi connectivity index (χ2v) is 3.30. The van der Waals surface area contributed by atoms with Crippen LogP contribution in [0.25, 0.3) is 0 Å². The average molecular weight is 207 g/mol. The lowest BCUT2D eigenvalue weighted by molar-refractivity contribution is 0.360. The number of nitrogens with zero attached hydrogens (tertiary/aromatic N) is 4. The fourth-order valence-corrected chi connectivity index (χ4v) is 1.25. The Kier molecular flexibility index (Phi) is 2.40. The van der Waals surface area contributed by atoms with Crippen LogP contribution in [0.4, 0.5) is 5.69 Å². The second-order valence-electron chi connectivity index (χ2n) is 3.30. The molecule has 0 unspecified atom stereocenters. The molecular weight excluding hydrogens is 194 g/mol. The van der Waals surface area contributed by atoms with Gasteiger partial charge < -0.3 is 10.3 Å². The minimum absolute atomic E-state index is 0.468. The van der Waals surface area contributed by atoms with E-state index in [1.54, 1.807) is 10.9 Å². The summed E-state index contributed by atoms with van der Waals surface area (Å²) in [4.78, 5) is 4.19. The highest BCUT2D eigenvalue weighted by molar-refractivity contribution is 5.39. The van der Waals surface area contributed by atoms with Gasteiger partial charge in [-0.3, -0.25) is 4.68 Å². The molecule has 0 aliphatic heterocycles. The van der Waals surface area contributed by atoms with E-state index in [-0.39, 0.29) is 0 Å². The number of nitrogens with two attached hydrogens (primary N) is 1. The van der Waals surface area contributed by atoms with Gasteiger partial charge in [-0.15, -0.1) is 0 Å².